The first-order chi connectivity index (χ1) is 10.6. The van der Waals surface area contributed by atoms with E-state index in [9.17, 15) is 0 Å². The molecular formula is C17H21N5. The average Bonchev–Trinajstić information content (AvgIpc) is 3.06. The second-order valence-electron chi connectivity index (χ2n) is 5.74. The summed E-state index contributed by atoms with van der Waals surface area (Å²) in [5.41, 5.74) is 2.24. The summed E-state index contributed by atoms with van der Waals surface area (Å²) in [6, 6.07) is 8.29. The number of hydrogen-bond donors (Lipinski definition) is 0. The molecule has 2 heterocycles. The Morgan fingerprint density at radius 2 is 2.05 bits per heavy atom. The maximum absolute atomic E-state index is 4.73. The van der Waals surface area contributed by atoms with Crippen LogP contribution < -0.4 is 4.90 Å². The van der Waals surface area contributed by atoms with Crippen molar-refractivity contribution in [2.75, 3.05) is 18.5 Å². The number of nitrogens with zero attached hydrogens (tertiary/aromatic N) is 5. The molecule has 0 spiro atoms. The molecule has 0 amide bonds. The van der Waals surface area contributed by atoms with Gasteiger partial charge in [-0.3, -0.25) is 0 Å². The highest BCUT2D eigenvalue weighted by atomic mass is 15.3. The fourth-order valence-corrected chi connectivity index (χ4v) is 2.41. The van der Waals surface area contributed by atoms with Crippen LogP contribution in [0.4, 0.5) is 5.82 Å². The minimum absolute atomic E-state index is 0.481. The first kappa shape index (κ1) is 14.5. The van der Waals surface area contributed by atoms with Crippen molar-refractivity contribution in [2.45, 2.75) is 26.7 Å². The van der Waals surface area contributed by atoms with Crippen LogP contribution in [0.2, 0.25) is 0 Å². The van der Waals surface area contributed by atoms with Crippen molar-refractivity contribution in [1.29, 1.82) is 0 Å². The Morgan fingerprint density at radius 3 is 2.68 bits per heavy atom. The standard InChI is InChI=1S/C17H21N5/c1-5-21(4)16-14-11-13(12(2)3)7-8-15(14)19-17(20-16)22-10-6-9-18-22/h6-12H,5H2,1-4H3. The van der Waals surface area contributed by atoms with Crippen LogP contribution in [0.25, 0.3) is 16.9 Å². The number of anilines is 1. The van der Waals surface area contributed by atoms with Crippen LogP contribution in [-0.2, 0) is 0 Å². The number of rotatable bonds is 4. The number of hydrogen-bond acceptors (Lipinski definition) is 4. The maximum Gasteiger partial charge on any atom is 0.253 e. The Hall–Kier alpha value is -2.43. The highest BCUT2D eigenvalue weighted by Gasteiger charge is 2.13. The third kappa shape index (κ3) is 2.54. The van der Waals surface area contributed by atoms with Gasteiger partial charge in [0.15, 0.2) is 0 Å². The van der Waals surface area contributed by atoms with E-state index >= 15 is 0 Å². The van der Waals surface area contributed by atoms with E-state index in [4.69, 9.17) is 4.98 Å². The van der Waals surface area contributed by atoms with E-state index < -0.39 is 0 Å². The van der Waals surface area contributed by atoms with E-state index in [1.165, 1.54) is 5.56 Å². The van der Waals surface area contributed by atoms with Gasteiger partial charge in [0.25, 0.3) is 5.95 Å². The van der Waals surface area contributed by atoms with Crippen molar-refractivity contribution in [3.63, 3.8) is 0 Å². The molecule has 0 aliphatic heterocycles. The van der Waals surface area contributed by atoms with Crippen LogP contribution >= 0.6 is 0 Å². The van der Waals surface area contributed by atoms with Gasteiger partial charge >= 0.3 is 0 Å². The number of fused-ring (bicyclic) bond motifs is 1. The third-order valence-corrected chi connectivity index (χ3v) is 3.90. The topological polar surface area (TPSA) is 46.8 Å². The van der Waals surface area contributed by atoms with Gasteiger partial charge in [0, 0.05) is 31.4 Å². The minimum Gasteiger partial charge on any atom is -0.359 e. The molecule has 2 aromatic heterocycles. The van der Waals surface area contributed by atoms with Crippen molar-refractivity contribution in [2.24, 2.45) is 0 Å². The Bertz CT molecular complexity index is 777. The van der Waals surface area contributed by atoms with Crippen LogP contribution in [0.1, 0.15) is 32.3 Å². The molecule has 0 unspecified atom stereocenters. The first-order valence-corrected chi connectivity index (χ1v) is 7.63. The molecule has 3 rings (SSSR count). The van der Waals surface area contributed by atoms with Gasteiger partial charge in [-0.15, -0.1) is 0 Å². The van der Waals surface area contributed by atoms with Crippen LogP contribution in [0.15, 0.2) is 36.7 Å². The van der Waals surface area contributed by atoms with E-state index in [0.717, 1.165) is 23.3 Å². The van der Waals surface area contributed by atoms with Crippen molar-refractivity contribution >= 4 is 16.7 Å². The second-order valence-corrected chi connectivity index (χ2v) is 5.74. The number of benzene rings is 1. The van der Waals surface area contributed by atoms with Gasteiger partial charge in [-0.05, 0) is 36.6 Å². The van der Waals surface area contributed by atoms with Gasteiger partial charge in [-0.25, -0.2) is 9.67 Å². The Kier molecular flexibility index (Phi) is 3.79. The van der Waals surface area contributed by atoms with Gasteiger partial charge in [0.2, 0.25) is 0 Å². The maximum atomic E-state index is 4.73. The molecule has 5 heteroatoms. The third-order valence-electron chi connectivity index (χ3n) is 3.90. The quantitative estimate of drug-likeness (QED) is 0.740. The average molecular weight is 295 g/mol. The van der Waals surface area contributed by atoms with E-state index in [1.807, 2.05) is 12.3 Å². The molecule has 0 aliphatic carbocycles. The minimum atomic E-state index is 0.481. The second kappa shape index (κ2) is 5.75. The molecule has 0 bridgehead atoms. The van der Waals surface area contributed by atoms with Crippen LogP contribution in [0.5, 0.6) is 0 Å². The van der Waals surface area contributed by atoms with Crippen molar-refractivity contribution < 1.29 is 0 Å². The smallest absolute Gasteiger partial charge is 0.253 e. The Balaban J connectivity index is 2.25. The Labute approximate surface area is 130 Å². The lowest BCUT2D eigenvalue weighted by Crippen LogP contribution is -2.19. The van der Waals surface area contributed by atoms with E-state index in [0.29, 0.717) is 11.9 Å². The monoisotopic (exact) mass is 295 g/mol. The largest absolute Gasteiger partial charge is 0.359 e. The van der Waals surface area contributed by atoms with Gasteiger partial charge in [-0.2, -0.15) is 10.1 Å². The van der Waals surface area contributed by atoms with E-state index in [1.54, 1.807) is 10.9 Å². The predicted octanol–water partition coefficient (Wildman–Crippen LogP) is 3.40. The van der Waals surface area contributed by atoms with Gasteiger partial charge in [-0.1, -0.05) is 19.9 Å². The van der Waals surface area contributed by atoms with Crippen molar-refractivity contribution in [3.8, 4) is 5.95 Å². The molecular weight excluding hydrogens is 274 g/mol. The lowest BCUT2D eigenvalue weighted by Gasteiger charge is -2.19. The summed E-state index contributed by atoms with van der Waals surface area (Å²) in [7, 11) is 2.05. The van der Waals surface area contributed by atoms with Crippen LogP contribution in [-0.4, -0.2) is 33.3 Å². The van der Waals surface area contributed by atoms with E-state index in [-0.39, 0.29) is 0 Å². The highest BCUT2D eigenvalue weighted by Crippen LogP contribution is 2.27. The molecule has 0 N–H and O–H groups in total. The molecule has 0 fully saturated rings. The number of aromatic nitrogens is 4. The fraction of sp³-hybridized carbons (Fsp3) is 0.353. The zero-order chi connectivity index (χ0) is 15.7. The predicted molar refractivity (Wildman–Crippen MR) is 89.7 cm³/mol. The molecule has 0 aliphatic rings. The van der Waals surface area contributed by atoms with Gasteiger partial charge in [0.1, 0.15) is 5.82 Å². The summed E-state index contributed by atoms with van der Waals surface area (Å²) < 4.78 is 1.70. The lowest BCUT2D eigenvalue weighted by molar-refractivity contribution is 0.806. The summed E-state index contributed by atoms with van der Waals surface area (Å²) >= 11 is 0. The highest BCUT2D eigenvalue weighted by molar-refractivity contribution is 5.90. The summed E-state index contributed by atoms with van der Waals surface area (Å²) in [5.74, 6) is 2.03. The summed E-state index contributed by atoms with van der Waals surface area (Å²) in [5, 5.41) is 5.33. The molecule has 0 atom stereocenters. The zero-order valence-corrected chi connectivity index (χ0v) is 13.5. The van der Waals surface area contributed by atoms with E-state index in [2.05, 4.69) is 61.0 Å². The molecule has 3 aromatic rings. The van der Waals surface area contributed by atoms with Crippen LogP contribution in [0, 0.1) is 0 Å². The fourth-order valence-electron chi connectivity index (χ4n) is 2.41. The summed E-state index contributed by atoms with van der Waals surface area (Å²) in [6.45, 7) is 7.40. The van der Waals surface area contributed by atoms with Gasteiger partial charge in [0.05, 0.1) is 5.52 Å². The molecule has 22 heavy (non-hydrogen) atoms. The summed E-state index contributed by atoms with van der Waals surface area (Å²) in [4.78, 5) is 11.5. The molecule has 5 nitrogen and oxygen atoms in total. The lowest BCUT2D eigenvalue weighted by atomic mass is 10.0. The first-order valence-electron chi connectivity index (χ1n) is 7.63. The van der Waals surface area contributed by atoms with Crippen molar-refractivity contribution in [3.05, 3.63) is 42.2 Å². The molecule has 114 valence electrons. The molecule has 0 saturated carbocycles. The van der Waals surface area contributed by atoms with Gasteiger partial charge < -0.3 is 4.90 Å². The normalized spacial score (nSPS) is 11.3. The SMILES string of the molecule is CCN(C)c1nc(-n2cccn2)nc2ccc(C(C)C)cc12. The molecule has 0 saturated heterocycles. The van der Waals surface area contributed by atoms with Crippen molar-refractivity contribution in [1.82, 2.24) is 19.7 Å². The zero-order valence-electron chi connectivity index (χ0n) is 13.5. The molecule has 1 aromatic carbocycles. The Morgan fingerprint density at radius 1 is 1.23 bits per heavy atom. The van der Waals surface area contributed by atoms with Crippen LogP contribution in [0.3, 0.4) is 0 Å². The molecule has 0 radical (unpaired) electrons. The summed E-state index contributed by atoms with van der Waals surface area (Å²) in [6.07, 6.45) is 3.60.